The van der Waals surface area contributed by atoms with Crippen LogP contribution < -0.4 is 5.32 Å². The molecule has 0 aliphatic carbocycles. The summed E-state index contributed by atoms with van der Waals surface area (Å²) in [5.41, 5.74) is -1.42. The number of hydrogen-bond acceptors (Lipinski definition) is 9. The zero-order valence-electron chi connectivity index (χ0n) is 20.5. The largest absolute Gasteiger partial charge is 0.469 e. The van der Waals surface area contributed by atoms with Crippen molar-refractivity contribution in [2.45, 2.75) is 51.4 Å². The van der Waals surface area contributed by atoms with Gasteiger partial charge in [0.2, 0.25) is 0 Å². The highest BCUT2D eigenvalue weighted by Gasteiger charge is 2.29. The van der Waals surface area contributed by atoms with Crippen molar-refractivity contribution in [2.75, 3.05) is 13.7 Å². The molecule has 0 spiro atoms. The number of carbonyl (C=O) groups excluding carboxylic acids is 3. The Morgan fingerprint density at radius 2 is 1.68 bits per heavy atom. The highest BCUT2D eigenvalue weighted by molar-refractivity contribution is 7.61. The molecule has 204 valence electrons. The lowest BCUT2D eigenvalue weighted by Gasteiger charge is -2.21. The molecule has 0 unspecified atom stereocenters. The van der Waals surface area contributed by atoms with Gasteiger partial charge in [-0.3, -0.25) is 9.59 Å². The van der Waals surface area contributed by atoms with Gasteiger partial charge in [-0.05, 0) is 39.3 Å². The van der Waals surface area contributed by atoms with Crippen molar-refractivity contribution in [1.82, 2.24) is 5.32 Å². The Hall–Kier alpha value is -3.26. The van der Waals surface area contributed by atoms with Crippen LogP contribution in [0.4, 0.5) is 13.2 Å². The fourth-order valence-corrected chi connectivity index (χ4v) is 3.79. The van der Waals surface area contributed by atoms with Gasteiger partial charge in [-0.15, -0.1) is 11.3 Å². The van der Waals surface area contributed by atoms with E-state index in [1.807, 2.05) is 0 Å². The van der Waals surface area contributed by atoms with Gasteiger partial charge in [-0.25, -0.2) is 4.79 Å². The Labute approximate surface area is 217 Å². The van der Waals surface area contributed by atoms with Crippen LogP contribution in [-0.4, -0.2) is 51.6 Å². The molecule has 14 heteroatoms. The molecule has 0 saturated carbocycles. The molecule has 1 heterocycles. The van der Waals surface area contributed by atoms with Crippen LogP contribution in [0.2, 0.25) is 0 Å². The number of amides is 1. The average molecular weight is 565 g/mol. The number of halogens is 3. The number of aryl methyl sites for hydroxylation is 1. The molecule has 1 N–H and O–H groups in total. The lowest BCUT2D eigenvalue weighted by atomic mass is 10.2. The summed E-state index contributed by atoms with van der Waals surface area (Å²) in [4.78, 5) is 36.6. The van der Waals surface area contributed by atoms with E-state index < -0.39 is 45.8 Å². The molecule has 2 aromatic rings. The average Bonchev–Trinajstić information content (AvgIpc) is 3.28. The molecule has 0 bridgehead atoms. The monoisotopic (exact) mass is 564 g/mol. The number of alkyl halides is 3. The van der Waals surface area contributed by atoms with Crippen molar-refractivity contribution in [3.8, 4) is 0 Å². The summed E-state index contributed by atoms with van der Waals surface area (Å²) < 4.78 is 70.0. The Balaban J connectivity index is 0.000000568. The van der Waals surface area contributed by atoms with E-state index in [0.717, 1.165) is 17.0 Å². The summed E-state index contributed by atoms with van der Waals surface area (Å²) in [7, 11) is -1.52. The molecule has 1 atom stereocenters. The third-order valence-corrected chi connectivity index (χ3v) is 5.71. The van der Waals surface area contributed by atoms with Crippen LogP contribution in [0.3, 0.4) is 0 Å². The van der Waals surface area contributed by atoms with Crippen molar-refractivity contribution in [1.29, 1.82) is 0 Å². The van der Waals surface area contributed by atoms with Gasteiger partial charge in [0.1, 0.15) is 5.60 Å². The van der Waals surface area contributed by atoms with E-state index in [2.05, 4.69) is 14.4 Å². The standard InChI is InChI=1S/C16H22N2O7S2.C7H5F3/c1-16(2,3)25-15(21)11(18-27(22)23)9-17-14(20)12-7-5-10(26-12)6-8-13(19)24-4;8-7(9,10)6-4-2-1-3-5-6/h5,7,11H,6,8-9H2,1-4H3,(H,17,20);1-5H/t11-;/m0./s1. The number of hydrogen-bond donors (Lipinski definition) is 1. The first kappa shape index (κ1) is 31.8. The molecule has 1 amide bonds. The maximum absolute atomic E-state index is 12.2. The maximum atomic E-state index is 12.2. The third kappa shape index (κ3) is 13.0. The minimum absolute atomic E-state index is 0.201. The van der Waals surface area contributed by atoms with Crippen LogP contribution in [0.1, 0.15) is 47.3 Å². The molecule has 1 aromatic heterocycles. The lowest BCUT2D eigenvalue weighted by Crippen LogP contribution is -2.39. The van der Waals surface area contributed by atoms with Crippen LogP contribution in [0.15, 0.2) is 46.8 Å². The highest BCUT2D eigenvalue weighted by atomic mass is 32.2. The van der Waals surface area contributed by atoms with Gasteiger partial charge in [0, 0.05) is 4.88 Å². The van der Waals surface area contributed by atoms with Gasteiger partial charge in [-0.1, -0.05) is 30.3 Å². The van der Waals surface area contributed by atoms with Gasteiger partial charge in [0.15, 0.2) is 6.04 Å². The van der Waals surface area contributed by atoms with Crippen LogP contribution in [0.5, 0.6) is 0 Å². The zero-order valence-corrected chi connectivity index (χ0v) is 22.1. The minimum Gasteiger partial charge on any atom is -0.469 e. The van der Waals surface area contributed by atoms with Gasteiger partial charge in [0.05, 0.1) is 30.5 Å². The Bertz CT molecular complexity index is 1180. The summed E-state index contributed by atoms with van der Waals surface area (Å²) in [6.07, 6.45) is -3.57. The predicted octanol–water partition coefficient (Wildman–Crippen LogP) is 4.06. The van der Waals surface area contributed by atoms with E-state index in [4.69, 9.17) is 4.74 Å². The zero-order chi connectivity index (χ0) is 28.2. The smallest absolute Gasteiger partial charge is 0.416 e. The van der Waals surface area contributed by atoms with Crippen LogP contribution in [0.25, 0.3) is 0 Å². The second kappa shape index (κ2) is 14.5. The Kier molecular flexibility index (Phi) is 12.4. The van der Waals surface area contributed by atoms with Gasteiger partial charge in [0.25, 0.3) is 5.91 Å². The molecule has 37 heavy (non-hydrogen) atoms. The van der Waals surface area contributed by atoms with Crippen molar-refractivity contribution >= 4 is 39.7 Å². The summed E-state index contributed by atoms with van der Waals surface area (Å²) in [6.45, 7) is 4.58. The summed E-state index contributed by atoms with van der Waals surface area (Å²) in [5, 5.41) is 2.47. The Morgan fingerprint density at radius 3 is 2.16 bits per heavy atom. The number of nitrogens with one attached hydrogen (secondary N) is 1. The SMILES string of the molecule is COC(=O)CCc1ccc(C(=O)NC[C@H](N=S(=O)=O)C(=O)OC(C)(C)C)s1.FC(F)(F)c1ccccc1. The van der Waals surface area contributed by atoms with Gasteiger partial charge >= 0.3 is 28.6 Å². The van der Waals surface area contributed by atoms with Crippen molar-refractivity contribution in [3.63, 3.8) is 0 Å². The number of methoxy groups -OCH3 is 1. The first-order valence-corrected chi connectivity index (χ1v) is 12.6. The van der Waals surface area contributed by atoms with E-state index in [1.54, 1.807) is 39.0 Å². The van der Waals surface area contributed by atoms with Crippen molar-refractivity contribution < 1.29 is 45.4 Å². The number of nitrogens with zero attached hydrogens (tertiary/aromatic N) is 1. The van der Waals surface area contributed by atoms with Gasteiger partial charge in [-0.2, -0.15) is 26.0 Å². The van der Waals surface area contributed by atoms with E-state index in [0.29, 0.717) is 11.3 Å². The van der Waals surface area contributed by atoms with Crippen molar-refractivity contribution in [2.24, 2.45) is 4.36 Å². The van der Waals surface area contributed by atoms with Crippen LogP contribution >= 0.6 is 11.3 Å². The molecular weight excluding hydrogens is 537 g/mol. The number of carbonyl (C=O) groups is 3. The highest BCUT2D eigenvalue weighted by Crippen LogP contribution is 2.28. The first-order valence-electron chi connectivity index (χ1n) is 10.7. The molecule has 0 aliphatic heterocycles. The van der Waals surface area contributed by atoms with Crippen LogP contribution in [-0.2, 0) is 42.2 Å². The maximum Gasteiger partial charge on any atom is 0.416 e. The third-order valence-electron chi connectivity index (χ3n) is 4.14. The van der Waals surface area contributed by atoms with E-state index in [-0.39, 0.29) is 18.9 Å². The molecule has 1 aromatic carbocycles. The summed E-state index contributed by atoms with van der Waals surface area (Å²) >= 11 is 1.19. The van der Waals surface area contributed by atoms with E-state index in [9.17, 15) is 36.0 Å². The molecule has 2 rings (SSSR count). The number of ether oxygens (including phenoxy) is 2. The number of thiophene rings is 1. The summed E-state index contributed by atoms with van der Waals surface area (Å²) in [5.74, 6) is -1.68. The molecule has 0 saturated heterocycles. The minimum atomic E-state index is -4.21. The normalized spacial score (nSPS) is 11.9. The predicted molar refractivity (Wildman–Crippen MR) is 129 cm³/mol. The van der Waals surface area contributed by atoms with Crippen LogP contribution in [0, 0.1) is 0 Å². The lowest BCUT2D eigenvalue weighted by molar-refractivity contribution is -0.156. The first-order chi connectivity index (χ1) is 17.1. The molecule has 0 aliphatic rings. The van der Waals surface area contributed by atoms with Crippen molar-refractivity contribution in [3.05, 3.63) is 57.8 Å². The number of esters is 2. The van der Waals surface area contributed by atoms with E-state index in [1.165, 1.54) is 30.6 Å². The fraction of sp³-hybridized carbons (Fsp3) is 0.435. The number of rotatable bonds is 8. The molecule has 0 fully saturated rings. The quantitative estimate of drug-likeness (QED) is 0.479. The number of benzene rings is 1. The summed E-state index contributed by atoms with van der Waals surface area (Å²) in [6, 6.07) is 8.29. The topological polar surface area (TPSA) is 128 Å². The second-order valence-electron chi connectivity index (χ2n) is 8.29. The van der Waals surface area contributed by atoms with E-state index >= 15 is 0 Å². The van der Waals surface area contributed by atoms with Gasteiger partial charge < -0.3 is 14.8 Å². The second-order valence-corrected chi connectivity index (χ2v) is 10.1. The molecule has 0 radical (unpaired) electrons. The molecular formula is C23H27F3N2O7S2. The molecule has 9 nitrogen and oxygen atoms in total. The fourth-order valence-electron chi connectivity index (χ4n) is 2.50. The Morgan fingerprint density at radius 1 is 1.05 bits per heavy atom.